The zero-order valence-corrected chi connectivity index (χ0v) is 9.70. The van der Waals surface area contributed by atoms with Gasteiger partial charge in [0.25, 0.3) is 0 Å². The van der Waals surface area contributed by atoms with Gasteiger partial charge in [-0.05, 0) is 6.42 Å². The minimum atomic E-state index is -4.20. The minimum absolute atomic E-state index is 0.0316. The predicted octanol–water partition coefficient (Wildman–Crippen LogP) is 1.37. The second-order valence-electron chi connectivity index (χ2n) is 3.34. The zero-order chi connectivity index (χ0) is 13.9. The van der Waals surface area contributed by atoms with Crippen molar-refractivity contribution in [3.63, 3.8) is 0 Å². The third-order valence-electron chi connectivity index (χ3n) is 1.94. The van der Waals surface area contributed by atoms with E-state index >= 15 is 0 Å². The molecule has 0 aliphatic carbocycles. The molecule has 18 heavy (non-hydrogen) atoms. The Morgan fingerprint density at radius 1 is 1.11 bits per heavy atom. The molecule has 1 rings (SSSR count). The maximum atomic E-state index is 13.1. The highest BCUT2D eigenvalue weighted by Crippen LogP contribution is 2.25. The molecule has 0 bridgehead atoms. The van der Waals surface area contributed by atoms with Gasteiger partial charge in [-0.15, -0.1) is 0 Å². The average molecular weight is 287 g/mol. The first kappa shape index (κ1) is 14.7. The van der Waals surface area contributed by atoms with E-state index in [0.717, 1.165) is 0 Å². The monoisotopic (exact) mass is 287 g/mol. The average Bonchev–Trinajstić information content (AvgIpc) is 2.30. The van der Waals surface area contributed by atoms with E-state index in [1.165, 1.54) is 4.72 Å². The molecule has 2 N–H and O–H groups in total. The molecule has 0 atom stereocenters. The minimum Gasteiger partial charge on any atom is -0.396 e. The van der Waals surface area contributed by atoms with Crippen molar-refractivity contribution >= 4 is 15.7 Å². The molecule has 0 aliphatic heterocycles. The van der Waals surface area contributed by atoms with Crippen LogP contribution in [-0.4, -0.2) is 25.9 Å². The molecule has 9 heteroatoms. The van der Waals surface area contributed by atoms with Crippen LogP contribution >= 0.6 is 0 Å². The van der Waals surface area contributed by atoms with Gasteiger partial charge >= 0.3 is 0 Å². The van der Waals surface area contributed by atoms with E-state index in [0.29, 0.717) is 0 Å². The summed E-state index contributed by atoms with van der Waals surface area (Å²) in [6.07, 6.45) is -0.184. The number of hydrogen-bond donors (Lipinski definition) is 2. The summed E-state index contributed by atoms with van der Waals surface area (Å²) in [6, 6.07) is -0.0316. The fourth-order valence-electron chi connectivity index (χ4n) is 1.12. The Bertz CT molecular complexity index is 521. The van der Waals surface area contributed by atoms with Gasteiger partial charge in [0.1, 0.15) is 5.69 Å². The number of rotatable bonds is 5. The Morgan fingerprint density at radius 2 is 1.61 bits per heavy atom. The molecule has 0 aliphatic rings. The van der Waals surface area contributed by atoms with E-state index in [1.54, 1.807) is 0 Å². The second-order valence-corrected chi connectivity index (χ2v) is 5.18. The number of aliphatic hydroxyl groups excluding tert-OH is 1. The first-order chi connectivity index (χ1) is 8.28. The van der Waals surface area contributed by atoms with Crippen LogP contribution in [0.25, 0.3) is 0 Å². The number of aliphatic hydroxyl groups is 1. The van der Waals surface area contributed by atoms with E-state index in [2.05, 4.69) is 0 Å². The van der Waals surface area contributed by atoms with Crippen LogP contribution in [0.4, 0.5) is 23.2 Å². The molecule has 0 spiro atoms. The standard InChI is InChI=1S/C9H9F4NO3S/c10-5-4-6(11)8(13)9(7(5)12)14-18(16,17)3-1-2-15/h4,14-15H,1-3H2. The first-order valence-corrected chi connectivity index (χ1v) is 6.38. The molecule has 0 saturated carbocycles. The molecule has 0 fully saturated rings. The molecule has 0 aromatic heterocycles. The summed E-state index contributed by atoms with van der Waals surface area (Å²) in [5.41, 5.74) is -1.41. The lowest BCUT2D eigenvalue weighted by Gasteiger charge is -2.10. The van der Waals surface area contributed by atoms with Crippen LogP contribution in [-0.2, 0) is 10.0 Å². The molecule has 1 aromatic carbocycles. The molecular formula is C9H9F4NO3S. The van der Waals surface area contributed by atoms with Crippen molar-refractivity contribution in [2.75, 3.05) is 17.1 Å². The predicted molar refractivity (Wildman–Crippen MR) is 55.4 cm³/mol. The summed E-state index contributed by atoms with van der Waals surface area (Å²) in [6.45, 7) is -0.455. The zero-order valence-electron chi connectivity index (χ0n) is 8.88. The van der Waals surface area contributed by atoms with E-state index in [1.807, 2.05) is 0 Å². The molecule has 0 radical (unpaired) electrons. The van der Waals surface area contributed by atoms with Gasteiger partial charge in [-0.1, -0.05) is 0 Å². The Hall–Kier alpha value is -1.35. The molecule has 0 unspecified atom stereocenters. The quantitative estimate of drug-likeness (QED) is 0.635. The largest absolute Gasteiger partial charge is 0.396 e. The van der Waals surface area contributed by atoms with E-state index in [-0.39, 0.29) is 12.5 Å². The summed E-state index contributed by atoms with van der Waals surface area (Å²) >= 11 is 0. The van der Waals surface area contributed by atoms with Crippen molar-refractivity contribution in [1.82, 2.24) is 0 Å². The second kappa shape index (κ2) is 5.53. The van der Waals surface area contributed by atoms with Gasteiger partial charge in [-0.2, -0.15) is 0 Å². The van der Waals surface area contributed by atoms with Gasteiger partial charge in [0, 0.05) is 12.7 Å². The van der Waals surface area contributed by atoms with Gasteiger partial charge in [-0.3, -0.25) is 4.72 Å². The molecule has 4 nitrogen and oxygen atoms in total. The molecule has 1 aromatic rings. The van der Waals surface area contributed by atoms with Gasteiger partial charge in [0.15, 0.2) is 23.3 Å². The van der Waals surface area contributed by atoms with Crippen molar-refractivity contribution in [2.24, 2.45) is 0 Å². The normalized spacial score (nSPS) is 11.6. The highest BCUT2D eigenvalue weighted by Gasteiger charge is 2.22. The molecule has 102 valence electrons. The van der Waals surface area contributed by atoms with Gasteiger partial charge in [-0.25, -0.2) is 26.0 Å². The van der Waals surface area contributed by atoms with Crippen molar-refractivity contribution in [2.45, 2.75) is 6.42 Å². The maximum absolute atomic E-state index is 13.1. The van der Waals surface area contributed by atoms with Crippen LogP contribution in [0.15, 0.2) is 6.07 Å². The Balaban J connectivity index is 3.12. The number of anilines is 1. The highest BCUT2D eigenvalue weighted by molar-refractivity contribution is 7.92. The number of sulfonamides is 1. The lowest BCUT2D eigenvalue weighted by molar-refractivity contribution is 0.295. The number of nitrogens with one attached hydrogen (secondary N) is 1. The fraction of sp³-hybridized carbons (Fsp3) is 0.333. The van der Waals surface area contributed by atoms with Crippen molar-refractivity contribution < 1.29 is 31.1 Å². The van der Waals surface area contributed by atoms with Gasteiger partial charge in [0.05, 0.1) is 5.75 Å². The van der Waals surface area contributed by atoms with Crippen LogP contribution in [0.1, 0.15) is 6.42 Å². The van der Waals surface area contributed by atoms with Crippen LogP contribution in [0, 0.1) is 23.3 Å². The van der Waals surface area contributed by atoms with Crippen LogP contribution < -0.4 is 4.72 Å². The van der Waals surface area contributed by atoms with Crippen molar-refractivity contribution in [3.8, 4) is 0 Å². The first-order valence-electron chi connectivity index (χ1n) is 4.73. The lowest BCUT2D eigenvalue weighted by Crippen LogP contribution is -2.20. The molecule has 0 saturated heterocycles. The number of benzene rings is 1. The van der Waals surface area contributed by atoms with Crippen molar-refractivity contribution in [3.05, 3.63) is 29.3 Å². The molecule has 0 amide bonds. The van der Waals surface area contributed by atoms with Crippen molar-refractivity contribution in [1.29, 1.82) is 0 Å². The lowest BCUT2D eigenvalue weighted by atomic mass is 10.3. The number of hydrogen-bond acceptors (Lipinski definition) is 3. The third kappa shape index (κ3) is 3.33. The van der Waals surface area contributed by atoms with E-state index in [9.17, 15) is 26.0 Å². The van der Waals surface area contributed by atoms with E-state index < -0.39 is 51.3 Å². The van der Waals surface area contributed by atoms with Gasteiger partial charge in [0.2, 0.25) is 10.0 Å². The van der Waals surface area contributed by atoms with Crippen LogP contribution in [0.5, 0.6) is 0 Å². The maximum Gasteiger partial charge on any atom is 0.232 e. The highest BCUT2D eigenvalue weighted by atomic mass is 32.2. The summed E-state index contributed by atoms with van der Waals surface area (Å²) in [4.78, 5) is 0. The topological polar surface area (TPSA) is 66.4 Å². The summed E-state index contributed by atoms with van der Waals surface area (Å²) < 4.78 is 75.8. The third-order valence-corrected chi connectivity index (χ3v) is 3.28. The van der Waals surface area contributed by atoms with E-state index in [4.69, 9.17) is 5.11 Å². The summed E-state index contributed by atoms with van der Waals surface area (Å²) in [5.74, 6) is -7.73. The number of halogens is 4. The molecule has 0 heterocycles. The summed E-state index contributed by atoms with van der Waals surface area (Å²) in [5, 5.41) is 8.43. The smallest absolute Gasteiger partial charge is 0.232 e. The van der Waals surface area contributed by atoms with Crippen LogP contribution in [0.2, 0.25) is 0 Å². The Labute approximate surface area is 100 Å². The van der Waals surface area contributed by atoms with Gasteiger partial charge < -0.3 is 5.11 Å². The Kier molecular flexibility index (Phi) is 4.52. The molecular weight excluding hydrogens is 278 g/mol. The Morgan fingerprint density at radius 3 is 2.06 bits per heavy atom. The van der Waals surface area contributed by atoms with Crippen LogP contribution in [0.3, 0.4) is 0 Å². The fourth-order valence-corrected chi connectivity index (χ4v) is 2.23. The SMILES string of the molecule is O=S(=O)(CCCO)Nc1c(F)c(F)cc(F)c1F. The summed E-state index contributed by atoms with van der Waals surface area (Å²) in [7, 11) is -4.20.